The molecule has 0 heterocycles. The molecule has 0 rings (SSSR count). The second kappa shape index (κ2) is 22.7. The van der Waals surface area contributed by atoms with Gasteiger partial charge >= 0.3 is 16.4 Å². The number of ether oxygens (including phenoxy) is 2. The fourth-order valence-electron chi connectivity index (χ4n) is 2.85. The molecule has 0 spiro atoms. The lowest BCUT2D eigenvalue weighted by atomic mass is 10.1. The minimum Gasteiger partial charge on any atom is -0.436 e. The van der Waals surface area contributed by atoms with Crippen molar-refractivity contribution in [1.82, 2.24) is 0 Å². The van der Waals surface area contributed by atoms with Crippen LogP contribution in [0.1, 0.15) is 111 Å². The van der Waals surface area contributed by atoms with Crippen molar-refractivity contribution >= 4 is 16.4 Å². The van der Waals surface area contributed by atoms with Crippen LogP contribution in [0.2, 0.25) is 0 Å². The molecule has 0 aliphatic heterocycles. The summed E-state index contributed by atoms with van der Waals surface area (Å²) in [6.07, 6.45) is 21.3. The molecule has 1 unspecified atom stereocenters. The highest BCUT2D eigenvalue weighted by Gasteiger charge is 2.08. The number of unbranched alkanes of at least 4 members (excludes halogenated alkanes) is 11. The minimum atomic E-state index is -4.67. The van der Waals surface area contributed by atoms with E-state index in [9.17, 15) is 4.79 Å². The maximum atomic E-state index is 11.6. The summed E-state index contributed by atoms with van der Waals surface area (Å²) < 4.78 is 41.9. The third-order valence-corrected chi connectivity index (χ3v) is 4.34. The van der Waals surface area contributed by atoms with E-state index >= 15 is 0 Å². The Hall–Kier alpha value is -0.960. The molecule has 0 radical (unpaired) electrons. The summed E-state index contributed by atoms with van der Waals surface area (Å²) in [5.41, 5.74) is 0. The lowest BCUT2D eigenvalue weighted by molar-refractivity contribution is -0.173. The van der Waals surface area contributed by atoms with Crippen LogP contribution >= 0.6 is 0 Å². The first-order valence-corrected chi connectivity index (χ1v) is 12.8. The zero-order chi connectivity index (χ0) is 23.1. The van der Waals surface area contributed by atoms with E-state index in [1.165, 1.54) is 70.6 Å². The maximum absolute atomic E-state index is 11.6. The van der Waals surface area contributed by atoms with Crippen molar-refractivity contribution in [3.63, 3.8) is 0 Å². The van der Waals surface area contributed by atoms with Gasteiger partial charge in [0.25, 0.3) is 0 Å². The van der Waals surface area contributed by atoms with Crippen LogP contribution in [-0.4, -0.2) is 36.4 Å². The van der Waals surface area contributed by atoms with E-state index in [0.29, 0.717) is 13.0 Å². The Kier molecular flexibility index (Phi) is 23.6. The SMILES string of the molecule is CCCCCCCC/C=C\CCCCCCCC(=O)OC(C)OCC.O=S(=O)(O)O. The molecular weight excluding hydrogens is 408 g/mol. The van der Waals surface area contributed by atoms with Crippen LogP contribution in [0.4, 0.5) is 0 Å². The summed E-state index contributed by atoms with van der Waals surface area (Å²) >= 11 is 0. The van der Waals surface area contributed by atoms with E-state index in [-0.39, 0.29) is 5.97 Å². The molecule has 0 aliphatic rings. The zero-order valence-electron chi connectivity index (χ0n) is 19.2. The standard InChI is InChI=1S/C22H42O3.H2O4S/c1-4-6-7-8-9-10-11-12-13-14-15-16-17-18-19-20-22(23)25-21(3)24-5-2;1-5(2,3)4/h12-13,21H,4-11,14-20H2,1-3H3;(H2,1,2,3,4)/b13-12-;. The molecule has 0 bridgehead atoms. The van der Waals surface area contributed by atoms with Gasteiger partial charge in [-0.2, -0.15) is 8.42 Å². The second-order valence-corrected chi connectivity index (χ2v) is 8.19. The van der Waals surface area contributed by atoms with Gasteiger partial charge in [0.2, 0.25) is 0 Å². The Bertz CT molecular complexity index is 496. The molecule has 0 aliphatic carbocycles. The first-order chi connectivity index (χ1) is 14.2. The quantitative estimate of drug-likeness (QED) is 0.0825. The number of rotatable bonds is 18. The van der Waals surface area contributed by atoms with Crippen LogP contribution in [0.5, 0.6) is 0 Å². The van der Waals surface area contributed by atoms with Crippen LogP contribution in [0.3, 0.4) is 0 Å². The van der Waals surface area contributed by atoms with Gasteiger partial charge in [-0.05, 0) is 46.0 Å². The van der Waals surface area contributed by atoms with Gasteiger partial charge in [0.05, 0.1) is 0 Å². The Balaban J connectivity index is 0. The van der Waals surface area contributed by atoms with Crippen LogP contribution in [0.25, 0.3) is 0 Å². The number of hydrogen-bond acceptors (Lipinski definition) is 5. The Morgan fingerprint density at radius 3 is 1.73 bits per heavy atom. The van der Waals surface area contributed by atoms with Gasteiger partial charge in [-0.3, -0.25) is 13.9 Å². The third kappa shape index (κ3) is 34.5. The first kappa shape index (κ1) is 31.2. The van der Waals surface area contributed by atoms with E-state index in [1.54, 1.807) is 6.92 Å². The Morgan fingerprint density at radius 2 is 1.27 bits per heavy atom. The van der Waals surface area contributed by atoms with Crippen LogP contribution in [-0.2, 0) is 24.7 Å². The minimum absolute atomic E-state index is 0.140. The topological polar surface area (TPSA) is 110 Å². The summed E-state index contributed by atoms with van der Waals surface area (Å²) in [5.74, 6) is -0.140. The van der Waals surface area contributed by atoms with E-state index in [0.717, 1.165) is 12.8 Å². The highest BCUT2D eigenvalue weighted by Crippen LogP contribution is 2.10. The van der Waals surface area contributed by atoms with Gasteiger partial charge in [0.1, 0.15) is 0 Å². The number of hydrogen-bond donors (Lipinski definition) is 2. The normalized spacial score (nSPS) is 12.4. The first-order valence-electron chi connectivity index (χ1n) is 11.4. The Morgan fingerprint density at radius 1 is 0.833 bits per heavy atom. The van der Waals surface area contributed by atoms with Crippen molar-refractivity contribution in [3.05, 3.63) is 12.2 Å². The van der Waals surface area contributed by atoms with Gasteiger partial charge in [0, 0.05) is 13.0 Å². The molecule has 180 valence electrons. The monoisotopic (exact) mass is 452 g/mol. The molecule has 7 nitrogen and oxygen atoms in total. The largest absolute Gasteiger partial charge is 0.436 e. The zero-order valence-corrected chi connectivity index (χ0v) is 20.0. The molecule has 1 atom stereocenters. The predicted octanol–water partition coefficient (Wildman–Crippen LogP) is 6.30. The van der Waals surface area contributed by atoms with Gasteiger partial charge < -0.3 is 9.47 Å². The molecule has 0 saturated heterocycles. The third-order valence-electron chi connectivity index (χ3n) is 4.34. The summed E-state index contributed by atoms with van der Waals surface area (Å²) in [7, 11) is -4.67. The number of carbonyl (C=O) groups excluding carboxylic acids is 1. The van der Waals surface area contributed by atoms with Crippen LogP contribution in [0, 0.1) is 0 Å². The maximum Gasteiger partial charge on any atom is 0.394 e. The fourth-order valence-corrected chi connectivity index (χ4v) is 2.85. The Labute approximate surface area is 184 Å². The molecule has 8 heteroatoms. The highest BCUT2D eigenvalue weighted by atomic mass is 32.3. The molecule has 0 aromatic rings. The fraction of sp³-hybridized carbons (Fsp3) is 0.864. The summed E-state index contributed by atoms with van der Waals surface area (Å²) in [4.78, 5) is 11.6. The van der Waals surface area contributed by atoms with Crippen molar-refractivity contribution in [2.45, 2.75) is 117 Å². The van der Waals surface area contributed by atoms with Crippen molar-refractivity contribution in [2.24, 2.45) is 0 Å². The van der Waals surface area contributed by atoms with Crippen molar-refractivity contribution in [2.75, 3.05) is 6.61 Å². The van der Waals surface area contributed by atoms with Gasteiger partial charge in [-0.15, -0.1) is 0 Å². The lowest BCUT2D eigenvalue weighted by Gasteiger charge is -2.12. The summed E-state index contributed by atoms with van der Waals surface area (Å²) in [5, 5.41) is 0. The molecule has 0 amide bonds. The van der Waals surface area contributed by atoms with Gasteiger partial charge in [-0.1, -0.05) is 70.4 Å². The van der Waals surface area contributed by atoms with Crippen molar-refractivity contribution in [1.29, 1.82) is 0 Å². The van der Waals surface area contributed by atoms with E-state index < -0.39 is 16.7 Å². The molecule has 30 heavy (non-hydrogen) atoms. The van der Waals surface area contributed by atoms with Crippen molar-refractivity contribution in [3.8, 4) is 0 Å². The predicted molar refractivity (Wildman–Crippen MR) is 121 cm³/mol. The van der Waals surface area contributed by atoms with Crippen LogP contribution in [0.15, 0.2) is 12.2 Å². The van der Waals surface area contributed by atoms with Crippen molar-refractivity contribution < 1.29 is 31.8 Å². The average molecular weight is 453 g/mol. The van der Waals surface area contributed by atoms with E-state index in [2.05, 4.69) is 19.1 Å². The molecule has 0 aromatic carbocycles. The van der Waals surface area contributed by atoms with E-state index in [4.69, 9.17) is 27.0 Å². The molecule has 0 saturated carbocycles. The molecule has 2 N–H and O–H groups in total. The average Bonchev–Trinajstić information content (AvgIpc) is 2.63. The highest BCUT2D eigenvalue weighted by molar-refractivity contribution is 7.79. The van der Waals surface area contributed by atoms with E-state index in [1.807, 2.05) is 6.92 Å². The molecule has 0 aromatic heterocycles. The summed E-state index contributed by atoms with van der Waals surface area (Å²) in [6, 6.07) is 0. The number of esters is 1. The smallest absolute Gasteiger partial charge is 0.394 e. The second-order valence-electron chi connectivity index (χ2n) is 7.29. The van der Waals surface area contributed by atoms with Gasteiger partial charge in [0.15, 0.2) is 6.29 Å². The number of allylic oxidation sites excluding steroid dienone is 2. The number of carbonyl (C=O) groups is 1. The van der Waals surface area contributed by atoms with Gasteiger partial charge in [-0.25, -0.2) is 0 Å². The molecular formula is C22H44O7S. The molecule has 0 fully saturated rings. The van der Waals surface area contributed by atoms with Crippen LogP contribution < -0.4 is 0 Å². The lowest BCUT2D eigenvalue weighted by Crippen LogP contribution is -2.17. The summed E-state index contributed by atoms with van der Waals surface area (Å²) in [6.45, 7) is 6.50.